The Morgan fingerprint density at radius 2 is 2.15 bits per heavy atom. The van der Waals surface area contributed by atoms with Gasteiger partial charge in [-0.2, -0.15) is 5.10 Å². The molecule has 26 heavy (non-hydrogen) atoms. The van der Waals surface area contributed by atoms with Crippen molar-refractivity contribution in [2.75, 3.05) is 5.75 Å². The van der Waals surface area contributed by atoms with Crippen LogP contribution in [0.4, 0.5) is 0 Å². The Morgan fingerprint density at radius 3 is 2.85 bits per heavy atom. The van der Waals surface area contributed by atoms with Crippen LogP contribution in [0.1, 0.15) is 37.8 Å². The van der Waals surface area contributed by atoms with Crippen molar-refractivity contribution in [2.24, 2.45) is 10.7 Å². The number of fused-ring (bicyclic) bond motifs is 1. The van der Waals surface area contributed by atoms with Crippen LogP contribution in [-0.4, -0.2) is 36.2 Å². The van der Waals surface area contributed by atoms with Crippen molar-refractivity contribution in [3.05, 3.63) is 27.9 Å². The summed E-state index contributed by atoms with van der Waals surface area (Å²) in [7, 11) is -2.46. The molecule has 0 radical (unpaired) electrons. The molecule has 0 amide bonds. The first-order chi connectivity index (χ1) is 12.1. The molecule has 0 bridgehead atoms. The minimum absolute atomic E-state index is 0.333. The molecule has 0 saturated heterocycles. The molecule has 4 heterocycles. The summed E-state index contributed by atoms with van der Waals surface area (Å²) in [5.74, 6) is 4.71. The summed E-state index contributed by atoms with van der Waals surface area (Å²) in [5.41, 5.74) is 7.87. The third-order valence-corrected chi connectivity index (χ3v) is 10.5. The van der Waals surface area contributed by atoms with Crippen molar-refractivity contribution in [1.29, 1.82) is 0 Å². The second kappa shape index (κ2) is 5.59. The summed E-state index contributed by atoms with van der Waals surface area (Å²) in [6, 6.07) is 1.97. The Balaban J connectivity index is 1.82. The maximum atomic E-state index is 13.2. The van der Waals surface area contributed by atoms with E-state index < -0.39 is 19.8 Å². The lowest BCUT2D eigenvalue weighted by Crippen LogP contribution is -2.54. The standard InChI is InChI=1S/C18H23ClN4OS2/c1-17(2)16(20)22-18(3,10-26(17,4)24)15-12(19)8-14(25-15)11-9-21-23-7-5-6-13(11)23/h8-9H,4-7,10H2,1-3H3,(H2,20,22)/t18-,26?/m0/s1. The van der Waals surface area contributed by atoms with Gasteiger partial charge in [0, 0.05) is 28.4 Å². The van der Waals surface area contributed by atoms with Gasteiger partial charge >= 0.3 is 0 Å². The van der Waals surface area contributed by atoms with Gasteiger partial charge in [0.2, 0.25) is 0 Å². The lowest BCUT2D eigenvalue weighted by molar-refractivity contribution is 0.543. The van der Waals surface area contributed by atoms with Gasteiger partial charge in [-0.1, -0.05) is 11.6 Å². The van der Waals surface area contributed by atoms with Gasteiger partial charge < -0.3 is 5.73 Å². The molecule has 2 atom stereocenters. The average molecular weight is 411 g/mol. The van der Waals surface area contributed by atoms with Crippen molar-refractivity contribution in [2.45, 2.75) is 50.4 Å². The zero-order chi connectivity index (χ0) is 18.9. The molecule has 5 nitrogen and oxygen atoms in total. The van der Waals surface area contributed by atoms with E-state index in [2.05, 4.69) is 15.7 Å². The number of aryl methyl sites for hydroxylation is 1. The fourth-order valence-electron chi connectivity index (χ4n) is 3.71. The van der Waals surface area contributed by atoms with Crippen molar-refractivity contribution in [3.8, 4) is 10.4 Å². The van der Waals surface area contributed by atoms with E-state index in [9.17, 15) is 4.21 Å². The number of amidine groups is 1. The highest BCUT2D eigenvalue weighted by molar-refractivity contribution is 8.02. The number of nitrogens with zero attached hydrogens (tertiary/aromatic N) is 3. The highest BCUT2D eigenvalue weighted by Crippen LogP contribution is 2.46. The Kier molecular flexibility index (Phi) is 3.89. The third-order valence-electron chi connectivity index (χ3n) is 5.60. The molecule has 4 rings (SSSR count). The van der Waals surface area contributed by atoms with Crippen molar-refractivity contribution in [3.63, 3.8) is 0 Å². The van der Waals surface area contributed by atoms with E-state index in [4.69, 9.17) is 22.3 Å². The number of aromatic nitrogens is 2. The molecular formula is C18H23ClN4OS2. The maximum Gasteiger partial charge on any atom is 0.113 e. The fraction of sp³-hybridized carbons (Fsp3) is 0.500. The predicted molar refractivity (Wildman–Crippen MR) is 112 cm³/mol. The number of thiophene rings is 1. The molecule has 0 spiro atoms. The number of hydrogen-bond donors (Lipinski definition) is 1. The van der Waals surface area contributed by atoms with Gasteiger partial charge in [-0.05, 0) is 55.1 Å². The Morgan fingerprint density at radius 1 is 1.42 bits per heavy atom. The molecule has 2 aliphatic rings. The molecule has 1 unspecified atom stereocenters. The van der Waals surface area contributed by atoms with Crippen molar-refractivity contribution < 1.29 is 4.21 Å². The molecule has 2 N–H and O–H groups in total. The first-order valence-corrected chi connectivity index (χ1v) is 11.7. The van der Waals surface area contributed by atoms with Gasteiger partial charge in [-0.15, -0.1) is 11.3 Å². The largest absolute Gasteiger partial charge is 0.386 e. The first-order valence-electron chi connectivity index (χ1n) is 8.60. The molecule has 8 heteroatoms. The maximum absolute atomic E-state index is 13.2. The van der Waals surface area contributed by atoms with Gasteiger partial charge in [0.05, 0.1) is 20.8 Å². The van der Waals surface area contributed by atoms with Crippen LogP contribution in [0.25, 0.3) is 10.4 Å². The third kappa shape index (κ3) is 2.47. The van der Waals surface area contributed by atoms with Crippen LogP contribution in [0.15, 0.2) is 17.3 Å². The van der Waals surface area contributed by atoms with Crippen LogP contribution in [0.3, 0.4) is 0 Å². The Hall–Kier alpha value is -1.31. The van der Waals surface area contributed by atoms with E-state index in [0.29, 0.717) is 16.6 Å². The van der Waals surface area contributed by atoms with E-state index in [0.717, 1.165) is 34.7 Å². The Labute approximate surface area is 163 Å². The number of aliphatic imine (C=N–C) groups is 1. The molecule has 2 aromatic heterocycles. The molecule has 0 saturated carbocycles. The number of nitrogens with two attached hydrogens (primary N) is 1. The quantitative estimate of drug-likeness (QED) is 0.772. The monoisotopic (exact) mass is 410 g/mol. The molecule has 0 aliphatic carbocycles. The van der Waals surface area contributed by atoms with E-state index in [1.807, 2.05) is 33.0 Å². The number of hydrogen-bond acceptors (Lipinski definition) is 5. The smallest absolute Gasteiger partial charge is 0.113 e. The van der Waals surface area contributed by atoms with Gasteiger partial charge in [0.25, 0.3) is 0 Å². The molecular weight excluding hydrogens is 388 g/mol. The van der Waals surface area contributed by atoms with Crippen LogP contribution in [-0.2, 0) is 28.0 Å². The van der Waals surface area contributed by atoms with E-state index >= 15 is 0 Å². The van der Waals surface area contributed by atoms with Crippen LogP contribution in [0, 0.1) is 0 Å². The second-order valence-corrected chi connectivity index (χ2v) is 12.2. The molecule has 2 aromatic rings. The fourth-order valence-corrected chi connectivity index (χ4v) is 7.37. The summed E-state index contributed by atoms with van der Waals surface area (Å²) >= 11 is 8.20. The van der Waals surface area contributed by atoms with Crippen LogP contribution < -0.4 is 5.73 Å². The van der Waals surface area contributed by atoms with Crippen LogP contribution in [0.5, 0.6) is 0 Å². The minimum atomic E-state index is -2.46. The molecule has 0 aromatic carbocycles. The summed E-state index contributed by atoms with van der Waals surface area (Å²) in [6.07, 6.45) is 4.07. The van der Waals surface area contributed by atoms with Crippen LogP contribution in [0.2, 0.25) is 5.02 Å². The predicted octanol–water partition coefficient (Wildman–Crippen LogP) is 3.29. The number of halogens is 1. The summed E-state index contributed by atoms with van der Waals surface area (Å²) < 4.78 is 14.6. The highest BCUT2D eigenvalue weighted by Gasteiger charge is 2.46. The van der Waals surface area contributed by atoms with Crippen LogP contribution >= 0.6 is 22.9 Å². The highest BCUT2D eigenvalue weighted by atomic mass is 35.5. The molecule has 0 fully saturated rings. The van der Waals surface area contributed by atoms with Crippen molar-refractivity contribution >= 4 is 44.2 Å². The van der Waals surface area contributed by atoms with E-state index in [1.54, 1.807) is 11.3 Å². The van der Waals surface area contributed by atoms with Crippen molar-refractivity contribution in [1.82, 2.24) is 9.78 Å². The SMILES string of the molecule is C=S1(=O)C[C@@](C)(c2sc(-c3cnn4c3CCC4)cc2Cl)N=C(N)C1(C)C. The lowest BCUT2D eigenvalue weighted by atomic mass is 10.0. The zero-order valence-corrected chi connectivity index (χ0v) is 17.6. The van der Waals surface area contributed by atoms with E-state index in [-0.39, 0.29) is 0 Å². The van der Waals surface area contributed by atoms with Gasteiger partial charge in [-0.25, -0.2) is 0 Å². The topological polar surface area (TPSA) is 73.3 Å². The summed E-state index contributed by atoms with van der Waals surface area (Å²) in [4.78, 5) is 6.70. The van der Waals surface area contributed by atoms with Gasteiger partial charge in [-0.3, -0.25) is 13.9 Å². The second-order valence-electron chi connectivity index (χ2n) is 7.86. The average Bonchev–Trinajstić information content (AvgIpc) is 3.19. The Bertz CT molecular complexity index is 1030. The zero-order valence-electron chi connectivity index (χ0n) is 15.2. The van der Waals surface area contributed by atoms with Gasteiger partial charge in [0.15, 0.2) is 0 Å². The lowest BCUT2D eigenvalue weighted by Gasteiger charge is -2.40. The minimum Gasteiger partial charge on any atom is -0.386 e. The first kappa shape index (κ1) is 18.1. The molecule has 140 valence electrons. The van der Waals surface area contributed by atoms with Gasteiger partial charge in [0.1, 0.15) is 11.4 Å². The molecule has 2 aliphatic heterocycles. The van der Waals surface area contributed by atoms with E-state index in [1.165, 1.54) is 5.69 Å². The summed E-state index contributed by atoms with van der Waals surface area (Å²) in [6.45, 7) is 6.61. The summed E-state index contributed by atoms with van der Waals surface area (Å²) in [5, 5.41) is 5.11. The number of rotatable bonds is 2. The normalized spacial score (nSPS) is 30.2.